The van der Waals surface area contributed by atoms with E-state index in [1.54, 1.807) is 24.3 Å². The molecule has 6 heteroatoms. The summed E-state index contributed by atoms with van der Waals surface area (Å²) in [5.74, 6) is -0.194. The molecule has 0 spiro atoms. The van der Waals surface area contributed by atoms with Gasteiger partial charge in [-0.25, -0.2) is 4.68 Å². The molecular formula is C18H25N3O3. The Morgan fingerprint density at radius 1 is 1.21 bits per heavy atom. The first-order valence-corrected chi connectivity index (χ1v) is 8.30. The molecule has 24 heavy (non-hydrogen) atoms. The van der Waals surface area contributed by atoms with E-state index in [0.717, 1.165) is 0 Å². The van der Waals surface area contributed by atoms with E-state index < -0.39 is 6.10 Å². The van der Waals surface area contributed by atoms with Gasteiger partial charge in [0.1, 0.15) is 0 Å². The summed E-state index contributed by atoms with van der Waals surface area (Å²) >= 11 is 0. The first kappa shape index (κ1) is 18.1. The summed E-state index contributed by atoms with van der Waals surface area (Å²) in [6, 6.07) is 6.85. The number of benzene rings is 1. The van der Waals surface area contributed by atoms with Crippen LogP contribution in [0.2, 0.25) is 0 Å². The normalized spacial score (nSPS) is 12.8. The minimum absolute atomic E-state index is 0.142. The Balaban J connectivity index is 2.32. The molecule has 1 amide bonds. The van der Waals surface area contributed by atoms with E-state index in [9.17, 15) is 14.7 Å². The summed E-state index contributed by atoms with van der Waals surface area (Å²) in [5, 5.41) is 17.9. The number of aliphatic hydroxyl groups is 1. The molecule has 0 radical (unpaired) electrons. The highest BCUT2D eigenvalue weighted by molar-refractivity contribution is 6.04. The van der Waals surface area contributed by atoms with Gasteiger partial charge in [0.05, 0.1) is 17.5 Å². The van der Waals surface area contributed by atoms with E-state index in [4.69, 9.17) is 0 Å². The highest BCUT2D eigenvalue weighted by Gasteiger charge is 2.18. The zero-order chi connectivity index (χ0) is 17.9. The number of hydrogen-bond donors (Lipinski definition) is 2. The van der Waals surface area contributed by atoms with E-state index in [0.29, 0.717) is 23.7 Å². The third-order valence-electron chi connectivity index (χ3n) is 4.03. The number of fused-ring (bicyclic) bond motifs is 1. The van der Waals surface area contributed by atoms with Gasteiger partial charge < -0.3 is 10.4 Å². The van der Waals surface area contributed by atoms with Gasteiger partial charge in [0.25, 0.3) is 11.5 Å². The standard InChI is InChI=1S/C18H25N3O3/c1-11(2)15(22)9-10-19-17(23)16-13-7-5-6-8-14(13)18(24)21(20-16)12(3)4/h5-8,11-12,15,22H,9-10H2,1-4H3,(H,19,23). The molecule has 0 bridgehead atoms. The van der Waals surface area contributed by atoms with Crippen LogP contribution in [0.25, 0.3) is 10.8 Å². The van der Waals surface area contributed by atoms with E-state index in [-0.39, 0.29) is 29.1 Å². The number of aromatic nitrogens is 2. The number of rotatable bonds is 6. The maximum absolute atomic E-state index is 12.5. The zero-order valence-corrected chi connectivity index (χ0v) is 14.6. The SMILES string of the molecule is CC(C)C(O)CCNC(=O)c1nn(C(C)C)c(=O)c2ccccc12. The molecule has 0 aliphatic heterocycles. The maximum Gasteiger partial charge on any atom is 0.274 e. The first-order valence-electron chi connectivity index (χ1n) is 8.30. The number of nitrogens with one attached hydrogen (secondary N) is 1. The van der Waals surface area contributed by atoms with E-state index in [1.165, 1.54) is 4.68 Å². The minimum Gasteiger partial charge on any atom is -0.393 e. The van der Waals surface area contributed by atoms with Gasteiger partial charge in [-0.15, -0.1) is 0 Å². The smallest absolute Gasteiger partial charge is 0.274 e. The quantitative estimate of drug-likeness (QED) is 0.849. The number of amides is 1. The van der Waals surface area contributed by atoms with Crippen LogP contribution in [0.3, 0.4) is 0 Å². The van der Waals surface area contributed by atoms with Gasteiger partial charge in [-0.3, -0.25) is 9.59 Å². The van der Waals surface area contributed by atoms with Crippen LogP contribution in [0.1, 0.15) is 50.6 Å². The van der Waals surface area contributed by atoms with Gasteiger partial charge in [0, 0.05) is 11.9 Å². The Kier molecular flexibility index (Phi) is 5.72. The topological polar surface area (TPSA) is 84.2 Å². The summed E-state index contributed by atoms with van der Waals surface area (Å²) in [6.07, 6.45) is 0.0187. The second-order valence-electron chi connectivity index (χ2n) is 6.59. The zero-order valence-electron chi connectivity index (χ0n) is 14.6. The molecule has 0 aliphatic rings. The van der Waals surface area contributed by atoms with Crippen LogP contribution in [0, 0.1) is 5.92 Å². The second kappa shape index (κ2) is 7.57. The Morgan fingerprint density at radius 3 is 2.42 bits per heavy atom. The molecule has 1 unspecified atom stereocenters. The van der Waals surface area contributed by atoms with E-state index >= 15 is 0 Å². The molecule has 1 aromatic carbocycles. The Bertz CT molecular complexity index is 781. The van der Waals surface area contributed by atoms with Crippen molar-refractivity contribution in [3.8, 4) is 0 Å². The van der Waals surface area contributed by atoms with E-state index in [2.05, 4.69) is 10.4 Å². The lowest BCUT2D eigenvalue weighted by Gasteiger charge is -2.16. The van der Waals surface area contributed by atoms with Crippen molar-refractivity contribution in [2.24, 2.45) is 5.92 Å². The summed E-state index contributed by atoms with van der Waals surface area (Å²) in [6.45, 7) is 7.92. The van der Waals surface area contributed by atoms with Crippen LogP contribution in [-0.2, 0) is 0 Å². The maximum atomic E-state index is 12.5. The number of carbonyl (C=O) groups is 1. The van der Waals surface area contributed by atoms with Crippen LogP contribution in [0.15, 0.2) is 29.1 Å². The molecule has 0 saturated carbocycles. The van der Waals surface area contributed by atoms with Crippen molar-refractivity contribution in [3.63, 3.8) is 0 Å². The van der Waals surface area contributed by atoms with Crippen LogP contribution in [0.4, 0.5) is 0 Å². The molecule has 2 rings (SSSR count). The Hall–Kier alpha value is -2.21. The molecule has 2 N–H and O–H groups in total. The Morgan fingerprint density at radius 2 is 1.83 bits per heavy atom. The third kappa shape index (κ3) is 3.82. The molecule has 1 heterocycles. The number of carbonyl (C=O) groups excluding carboxylic acids is 1. The predicted molar refractivity (Wildman–Crippen MR) is 94.2 cm³/mol. The van der Waals surface area contributed by atoms with Crippen molar-refractivity contribution < 1.29 is 9.90 Å². The molecule has 0 aliphatic carbocycles. The van der Waals surface area contributed by atoms with Gasteiger partial charge in [0.2, 0.25) is 0 Å². The second-order valence-corrected chi connectivity index (χ2v) is 6.59. The summed E-state index contributed by atoms with van der Waals surface area (Å²) in [4.78, 5) is 25.0. The fourth-order valence-electron chi connectivity index (χ4n) is 2.47. The van der Waals surface area contributed by atoms with Gasteiger partial charge in [-0.05, 0) is 32.3 Å². The van der Waals surface area contributed by atoms with Crippen LogP contribution in [-0.4, -0.2) is 33.4 Å². The summed E-state index contributed by atoms with van der Waals surface area (Å²) < 4.78 is 1.33. The van der Waals surface area contributed by atoms with Crippen molar-refractivity contribution in [1.29, 1.82) is 0 Å². The fourth-order valence-corrected chi connectivity index (χ4v) is 2.47. The number of aliphatic hydroxyl groups excluding tert-OH is 1. The van der Waals surface area contributed by atoms with Crippen molar-refractivity contribution in [1.82, 2.24) is 15.1 Å². The molecule has 0 saturated heterocycles. The van der Waals surface area contributed by atoms with Crippen molar-refractivity contribution in [2.75, 3.05) is 6.54 Å². The van der Waals surface area contributed by atoms with Gasteiger partial charge >= 0.3 is 0 Å². The summed E-state index contributed by atoms with van der Waals surface area (Å²) in [7, 11) is 0. The highest BCUT2D eigenvalue weighted by atomic mass is 16.3. The lowest BCUT2D eigenvalue weighted by atomic mass is 10.0. The Labute approximate surface area is 141 Å². The molecule has 2 aromatic rings. The number of hydrogen-bond acceptors (Lipinski definition) is 4. The lowest BCUT2D eigenvalue weighted by Crippen LogP contribution is -2.33. The number of nitrogens with zero attached hydrogens (tertiary/aromatic N) is 2. The average Bonchev–Trinajstić information content (AvgIpc) is 2.54. The van der Waals surface area contributed by atoms with Crippen LogP contribution < -0.4 is 10.9 Å². The van der Waals surface area contributed by atoms with Gasteiger partial charge in [0.15, 0.2) is 5.69 Å². The first-order chi connectivity index (χ1) is 11.3. The molecule has 1 aromatic heterocycles. The van der Waals surface area contributed by atoms with Crippen molar-refractivity contribution in [3.05, 3.63) is 40.3 Å². The monoisotopic (exact) mass is 331 g/mol. The molecular weight excluding hydrogens is 306 g/mol. The van der Waals surface area contributed by atoms with E-state index in [1.807, 2.05) is 27.7 Å². The molecule has 6 nitrogen and oxygen atoms in total. The fraction of sp³-hybridized carbons (Fsp3) is 0.500. The van der Waals surface area contributed by atoms with Crippen molar-refractivity contribution >= 4 is 16.7 Å². The third-order valence-corrected chi connectivity index (χ3v) is 4.03. The van der Waals surface area contributed by atoms with Gasteiger partial charge in [-0.2, -0.15) is 5.10 Å². The molecule has 1 atom stereocenters. The predicted octanol–water partition coefficient (Wildman–Crippen LogP) is 2.11. The molecule has 0 fully saturated rings. The highest BCUT2D eigenvalue weighted by Crippen LogP contribution is 2.15. The molecule has 130 valence electrons. The van der Waals surface area contributed by atoms with Crippen LogP contribution >= 0.6 is 0 Å². The van der Waals surface area contributed by atoms with Crippen molar-refractivity contribution in [2.45, 2.75) is 46.3 Å². The average molecular weight is 331 g/mol. The van der Waals surface area contributed by atoms with Crippen LogP contribution in [0.5, 0.6) is 0 Å². The largest absolute Gasteiger partial charge is 0.393 e. The lowest BCUT2D eigenvalue weighted by molar-refractivity contribution is 0.0915. The minimum atomic E-state index is -0.459. The summed E-state index contributed by atoms with van der Waals surface area (Å²) in [5.41, 5.74) is 0.0327. The van der Waals surface area contributed by atoms with Gasteiger partial charge in [-0.1, -0.05) is 32.0 Å².